The van der Waals surface area contributed by atoms with Gasteiger partial charge in [0.15, 0.2) is 5.96 Å². The minimum Gasteiger partial charge on any atom is -0.508 e. The molecule has 24 heavy (non-hydrogen) atoms. The predicted molar refractivity (Wildman–Crippen MR) is 98.0 cm³/mol. The highest BCUT2D eigenvalue weighted by Gasteiger charge is 2.11. The zero-order valence-electron chi connectivity index (χ0n) is 13.4. The second-order valence-corrected chi connectivity index (χ2v) is 6.07. The average Bonchev–Trinajstić information content (AvgIpc) is 2.53. The summed E-state index contributed by atoms with van der Waals surface area (Å²) in [5.41, 5.74) is 7.40. The van der Waals surface area contributed by atoms with Crippen LogP contribution in [-0.2, 0) is 6.54 Å². The maximum atomic E-state index is 9.85. The van der Waals surface area contributed by atoms with Crippen LogP contribution in [0.15, 0.2) is 41.4 Å². The van der Waals surface area contributed by atoms with Crippen molar-refractivity contribution < 1.29 is 9.84 Å². The van der Waals surface area contributed by atoms with E-state index in [9.17, 15) is 5.11 Å². The molecule has 0 aliphatic rings. The number of halogens is 2. The van der Waals surface area contributed by atoms with Gasteiger partial charge in [-0.3, -0.25) is 0 Å². The summed E-state index contributed by atoms with van der Waals surface area (Å²) in [5, 5.41) is 14.0. The Morgan fingerprint density at radius 2 is 2.04 bits per heavy atom. The molecule has 2 aromatic carbocycles. The van der Waals surface area contributed by atoms with Crippen molar-refractivity contribution in [2.24, 2.45) is 10.7 Å². The Bertz CT molecular complexity index is 751. The first-order valence-electron chi connectivity index (χ1n) is 7.28. The second kappa shape index (κ2) is 8.13. The molecule has 128 valence electrons. The Kier molecular flexibility index (Phi) is 6.17. The third kappa shape index (κ3) is 4.69. The van der Waals surface area contributed by atoms with Crippen molar-refractivity contribution in [3.63, 3.8) is 0 Å². The van der Waals surface area contributed by atoms with Crippen LogP contribution in [0.4, 0.5) is 0 Å². The van der Waals surface area contributed by atoms with Gasteiger partial charge in [-0.25, -0.2) is 4.99 Å². The van der Waals surface area contributed by atoms with Gasteiger partial charge in [0.2, 0.25) is 0 Å². The van der Waals surface area contributed by atoms with Crippen LogP contribution in [0.5, 0.6) is 11.5 Å². The van der Waals surface area contributed by atoms with E-state index in [-0.39, 0.29) is 24.3 Å². The van der Waals surface area contributed by atoms with Crippen molar-refractivity contribution in [2.75, 3.05) is 7.11 Å². The quantitative estimate of drug-likeness (QED) is 0.553. The standard InChI is InChI=1S/C17H19Cl2N3O2/c1-10(14-5-3-12(18)8-15(14)19)22-17(20)21-9-11-7-13(24-2)4-6-16(11)23/h3-8,10,23H,9H2,1-2H3,(H3,20,21,22). The molecule has 0 saturated carbocycles. The van der Waals surface area contributed by atoms with Gasteiger partial charge in [-0.2, -0.15) is 0 Å². The van der Waals surface area contributed by atoms with Crippen LogP contribution >= 0.6 is 23.2 Å². The lowest BCUT2D eigenvalue weighted by atomic mass is 10.1. The highest BCUT2D eigenvalue weighted by Crippen LogP contribution is 2.26. The number of hydrogen-bond donors (Lipinski definition) is 3. The highest BCUT2D eigenvalue weighted by molar-refractivity contribution is 6.35. The summed E-state index contributed by atoms with van der Waals surface area (Å²) in [5.74, 6) is 1.03. The number of nitrogens with one attached hydrogen (secondary N) is 1. The number of methoxy groups -OCH3 is 1. The van der Waals surface area contributed by atoms with Gasteiger partial charge in [0, 0.05) is 15.6 Å². The third-order valence-corrected chi connectivity index (χ3v) is 4.06. The molecule has 0 bridgehead atoms. The molecule has 4 N–H and O–H groups in total. The SMILES string of the molecule is COc1ccc(O)c(CN=C(N)NC(C)c2ccc(Cl)cc2Cl)c1. The molecule has 0 radical (unpaired) electrons. The van der Waals surface area contributed by atoms with Crippen molar-refractivity contribution >= 4 is 29.2 Å². The van der Waals surface area contributed by atoms with Gasteiger partial charge in [0.1, 0.15) is 11.5 Å². The van der Waals surface area contributed by atoms with Gasteiger partial charge < -0.3 is 20.9 Å². The molecule has 0 fully saturated rings. The van der Waals surface area contributed by atoms with Crippen LogP contribution < -0.4 is 15.8 Å². The number of benzene rings is 2. The number of guanidine groups is 1. The van der Waals surface area contributed by atoms with E-state index in [1.165, 1.54) is 0 Å². The molecular formula is C17H19Cl2N3O2. The fourth-order valence-electron chi connectivity index (χ4n) is 2.18. The Labute approximate surface area is 151 Å². The Morgan fingerprint density at radius 1 is 1.29 bits per heavy atom. The molecule has 0 spiro atoms. The van der Waals surface area contributed by atoms with Gasteiger partial charge in [0.25, 0.3) is 0 Å². The number of ether oxygens (including phenoxy) is 1. The molecule has 0 heterocycles. The Morgan fingerprint density at radius 3 is 2.71 bits per heavy atom. The van der Waals surface area contributed by atoms with Gasteiger partial charge in [-0.1, -0.05) is 29.3 Å². The number of nitrogens with two attached hydrogens (primary N) is 1. The molecule has 1 atom stereocenters. The van der Waals surface area contributed by atoms with E-state index >= 15 is 0 Å². The van der Waals surface area contributed by atoms with E-state index in [4.69, 9.17) is 33.7 Å². The summed E-state index contributed by atoms with van der Waals surface area (Å²) < 4.78 is 5.13. The molecule has 5 nitrogen and oxygen atoms in total. The molecule has 7 heteroatoms. The van der Waals surface area contributed by atoms with Gasteiger partial charge in [-0.05, 0) is 42.8 Å². The maximum absolute atomic E-state index is 9.85. The summed E-state index contributed by atoms with van der Waals surface area (Å²) in [6, 6.07) is 10.1. The minimum atomic E-state index is -0.141. The predicted octanol–water partition coefficient (Wildman–Crippen LogP) is 3.87. The lowest BCUT2D eigenvalue weighted by molar-refractivity contribution is 0.411. The van der Waals surface area contributed by atoms with E-state index in [1.54, 1.807) is 37.4 Å². The van der Waals surface area contributed by atoms with Crippen LogP contribution in [-0.4, -0.2) is 18.2 Å². The fourth-order valence-corrected chi connectivity index (χ4v) is 2.76. The molecular weight excluding hydrogens is 349 g/mol. The summed E-state index contributed by atoms with van der Waals surface area (Å²) in [6.07, 6.45) is 0. The topological polar surface area (TPSA) is 79.9 Å². The first-order chi connectivity index (χ1) is 11.4. The third-order valence-electron chi connectivity index (χ3n) is 3.50. The largest absolute Gasteiger partial charge is 0.508 e. The van der Waals surface area contributed by atoms with Crippen LogP contribution in [0.2, 0.25) is 10.0 Å². The zero-order chi connectivity index (χ0) is 17.7. The van der Waals surface area contributed by atoms with E-state index in [1.807, 2.05) is 13.0 Å². The molecule has 0 aliphatic carbocycles. The van der Waals surface area contributed by atoms with E-state index in [2.05, 4.69) is 10.3 Å². The normalized spacial score (nSPS) is 12.8. The number of rotatable bonds is 5. The van der Waals surface area contributed by atoms with Gasteiger partial charge >= 0.3 is 0 Å². The number of phenolic OH excluding ortho intramolecular Hbond substituents is 1. The summed E-state index contributed by atoms with van der Waals surface area (Å²) >= 11 is 12.1. The molecule has 2 aromatic rings. The van der Waals surface area contributed by atoms with Crippen LogP contribution in [0, 0.1) is 0 Å². The van der Waals surface area contributed by atoms with Crippen molar-refractivity contribution in [3.8, 4) is 11.5 Å². The monoisotopic (exact) mass is 367 g/mol. The van der Waals surface area contributed by atoms with Crippen molar-refractivity contribution in [2.45, 2.75) is 19.5 Å². The Hall–Kier alpha value is -2.11. The summed E-state index contributed by atoms with van der Waals surface area (Å²) in [4.78, 5) is 4.24. The fraction of sp³-hybridized carbons (Fsp3) is 0.235. The lowest BCUT2D eigenvalue weighted by Crippen LogP contribution is -2.34. The molecule has 0 amide bonds. The van der Waals surface area contributed by atoms with Crippen molar-refractivity contribution in [1.82, 2.24) is 5.32 Å². The van der Waals surface area contributed by atoms with E-state index < -0.39 is 0 Å². The maximum Gasteiger partial charge on any atom is 0.189 e. The number of aromatic hydroxyl groups is 1. The summed E-state index contributed by atoms with van der Waals surface area (Å²) in [6.45, 7) is 2.14. The molecule has 0 aliphatic heterocycles. The second-order valence-electron chi connectivity index (χ2n) is 5.23. The van der Waals surface area contributed by atoms with E-state index in [0.29, 0.717) is 21.4 Å². The van der Waals surface area contributed by atoms with Gasteiger partial charge in [-0.15, -0.1) is 0 Å². The first kappa shape index (κ1) is 18.2. The first-order valence-corrected chi connectivity index (χ1v) is 8.03. The zero-order valence-corrected chi connectivity index (χ0v) is 14.9. The highest BCUT2D eigenvalue weighted by atomic mass is 35.5. The van der Waals surface area contributed by atoms with E-state index in [0.717, 1.165) is 5.56 Å². The number of nitrogens with zero attached hydrogens (tertiary/aromatic N) is 1. The molecule has 0 saturated heterocycles. The smallest absolute Gasteiger partial charge is 0.189 e. The molecule has 0 aromatic heterocycles. The van der Waals surface area contributed by atoms with Crippen LogP contribution in [0.25, 0.3) is 0 Å². The average molecular weight is 368 g/mol. The minimum absolute atomic E-state index is 0.140. The Balaban J connectivity index is 2.06. The van der Waals surface area contributed by atoms with Crippen LogP contribution in [0.1, 0.15) is 24.1 Å². The van der Waals surface area contributed by atoms with Crippen LogP contribution in [0.3, 0.4) is 0 Å². The van der Waals surface area contributed by atoms with Crippen molar-refractivity contribution in [1.29, 1.82) is 0 Å². The lowest BCUT2D eigenvalue weighted by Gasteiger charge is -2.16. The molecule has 1 unspecified atom stereocenters. The molecule has 2 rings (SSSR count). The van der Waals surface area contributed by atoms with Gasteiger partial charge in [0.05, 0.1) is 19.7 Å². The summed E-state index contributed by atoms with van der Waals surface area (Å²) in [7, 11) is 1.56. The number of aliphatic imine (C=N–C) groups is 1. The number of phenols is 1. The van der Waals surface area contributed by atoms with Crippen molar-refractivity contribution in [3.05, 3.63) is 57.6 Å². The number of hydrogen-bond acceptors (Lipinski definition) is 3.